The molecule has 0 bridgehead atoms. The van der Waals surface area contributed by atoms with Gasteiger partial charge in [-0.3, -0.25) is 0 Å². The quantitative estimate of drug-likeness (QED) is 0.755. The van der Waals surface area contributed by atoms with Crippen LogP contribution in [-0.2, 0) is 6.61 Å². The van der Waals surface area contributed by atoms with Gasteiger partial charge in [-0.25, -0.2) is 0 Å². The predicted molar refractivity (Wildman–Crippen MR) is 65.0 cm³/mol. The number of halogens is 1. The maximum atomic E-state index is 8.99. The van der Waals surface area contributed by atoms with Crippen molar-refractivity contribution in [3.05, 3.63) is 40.4 Å². The van der Waals surface area contributed by atoms with Gasteiger partial charge in [-0.05, 0) is 43.3 Å². The predicted octanol–water partition coefficient (Wildman–Crippen LogP) is 2.46. The normalized spacial score (nSPS) is 11.1. The smallest absolute Gasteiger partial charge is 0.0682 e. The highest BCUT2D eigenvalue weighted by Crippen LogP contribution is 2.19. The minimum Gasteiger partial charge on any atom is -0.392 e. The minimum atomic E-state index is 0.0501. The Balaban J connectivity index is 2.70. The van der Waals surface area contributed by atoms with Gasteiger partial charge in [-0.15, -0.1) is 0 Å². The lowest BCUT2D eigenvalue weighted by molar-refractivity contribution is 0.282. The molecule has 0 aliphatic rings. The SMILES string of the molecule is CNCCC=Cc1cc(CO)ccc1Cl. The van der Waals surface area contributed by atoms with Gasteiger partial charge in [0.1, 0.15) is 0 Å². The summed E-state index contributed by atoms with van der Waals surface area (Å²) in [7, 11) is 1.92. The Kier molecular flexibility index (Phi) is 5.40. The number of benzene rings is 1. The molecule has 0 aromatic heterocycles. The molecule has 0 atom stereocenters. The number of aliphatic hydroxyl groups is 1. The zero-order valence-electron chi connectivity index (χ0n) is 8.83. The molecule has 1 aromatic rings. The molecule has 0 saturated carbocycles. The average molecular weight is 226 g/mol. The Morgan fingerprint density at radius 2 is 2.27 bits per heavy atom. The van der Waals surface area contributed by atoms with Crippen molar-refractivity contribution in [3.63, 3.8) is 0 Å². The van der Waals surface area contributed by atoms with Crippen LogP contribution in [0.15, 0.2) is 24.3 Å². The summed E-state index contributed by atoms with van der Waals surface area (Å²) in [5, 5.41) is 12.8. The van der Waals surface area contributed by atoms with Crippen LogP contribution in [0.3, 0.4) is 0 Å². The Labute approximate surface area is 95.6 Å². The van der Waals surface area contributed by atoms with Gasteiger partial charge in [0.25, 0.3) is 0 Å². The molecule has 0 heterocycles. The van der Waals surface area contributed by atoms with Crippen molar-refractivity contribution in [2.75, 3.05) is 13.6 Å². The fourth-order valence-corrected chi connectivity index (χ4v) is 1.44. The van der Waals surface area contributed by atoms with Crippen molar-refractivity contribution >= 4 is 17.7 Å². The third-order valence-electron chi connectivity index (χ3n) is 2.10. The second-order valence-corrected chi connectivity index (χ2v) is 3.72. The van der Waals surface area contributed by atoms with Gasteiger partial charge in [0.15, 0.2) is 0 Å². The van der Waals surface area contributed by atoms with Crippen molar-refractivity contribution in [1.29, 1.82) is 0 Å². The standard InChI is InChI=1S/C12H16ClNO/c1-14-7-3-2-4-11-8-10(9-15)5-6-12(11)13/h2,4-6,8,14-15H,3,7,9H2,1H3. The first kappa shape index (κ1) is 12.2. The van der Waals surface area contributed by atoms with Crippen molar-refractivity contribution in [2.45, 2.75) is 13.0 Å². The Bertz CT molecular complexity index is 336. The molecule has 0 unspecified atom stereocenters. The fraction of sp³-hybridized carbons (Fsp3) is 0.333. The second-order valence-electron chi connectivity index (χ2n) is 3.31. The summed E-state index contributed by atoms with van der Waals surface area (Å²) in [4.78, 5) is 0. The Morgan fingerprint density at radius 1 is 1.47 bits per heavy atom. The molecule has 0 saturated heterocycles. The van der Waals surface area contributed by atoms with Gasteiger partial charge in [0, 0.05) is 5.02 Å². The van der Waals surface area contributed by atoms with Gasteiger partial charge in [0.05, 0.1) is 6.61 Å². The zero-order valence-corrected chi connectivity index (χ0v) is 9.59. The lowest BCUT2D eigenvalue weighted by atomic mass is 10.1. The topological polar surface area (TPSA) is 32.3 Å². The molecular weight excluding hydrogens is 210 g/mol. The van der Waals surface area contributed by atoms with Crippen molar-refractivity contribution < 1.29 is 5.11 Å². The average Bonchev–Trinajstić information content (AvgIpc) is 2.26. The van der Waals surface area contributed by atoms with Crippen molar-refractivity contribution in [1.82, 2.24) is 5.32 Å². The maximum Gasteiger partial charge on any atom is 0.0682 e. The molecule has 82 valence electrons. The van der Waals surface area contributed by atoms with Gasteiger partial charge < -0.3 is 10.4 Å². The summed E-state index contributed by atoms with van der Waals surface area (Å²) in [6.45, 7) is 1.00. The van der Waals surface area contributed by atoms with Gasteiger partial charge >= 0.3 is 0 Å². The summed E-state index contributed by atoms with van der Waals surface area (Å²) in [6, 6.07) is 5.54. The molecule has 15 heavy (non-hydrogen) atoms. The molecule has 0 aliphatic heterocycles. The molecule has 3 heteroatoms. The molecule has 2 N–H and O–H groups in total. The first-order valence-corrected chi connectivity index (χ1v) is 5.36. The zero-order chi connectivity index (χ0) is 11.1. The molecule has 1 rings (SSSR count). The highest BCUT2D eigenvalue weighted by atomic mass is 35.5. The summed E-state index contributed by atoms with van der Waals surface area (Å²) in [6.07, 6.45) is 5.02. The van der Waals surface area contributed by atoms with E-state index in [-0.39, 0.29) is 6.61 Å². The Hall–Kier alpha value is -0.830. The van der Waals surface area contributed by atoms with Crippen LogP contribution >= 0.6 is 11.6 Å². The van der Waals surface area contributed by atoms with E-state index in [1.54, 1.807) is 0 Å². The van der Waals surface area contributed by atoms with E-state index in [4.69, 9.17) is 16.7 Å². The van der Waals surface area contributed by atoms with Crippen LogP contribution in [0, 0.1) is 0 Å². The van der Waals surface area contributed by atoms with Crippen molar-refractivity contribution in [3.8, 4) is 0 Å². The number of hydrogen-bond donors (Lipinski definition) is 2. The van der Waals surface area contributed by atoms with Gasteiger partial charge in [0.2, 0.25) is 0 Å². The van der Waals surface area contributed by atoms with Crippen LogP contribution in [0.25, 0.3) is 6.08 Å². The Morgan fingerprint density at radius 3 is 2.93 bits per heavy atom. The largest absolute Gasteiger partial charge is 0.392 e. The first-order valence-electron chi connectivity index (χ1n) is 4.98. The minimum absolute atomic E-state index is 0.0501. The number of hydrogen-bond acceptors (Lipinski definition) is 2. The van der Waals surface area contributed by atoms with Crippen LogP contribution in [0.5, 0.6) is 0 Å². The highest BCUT2D eigenvalue weighted by molar-refractivity contribution is 6.32. The van der Waals surface area contributed by atoms with Crippen LogP contribution in [0.1, 0.15) is 17.5 Å². The number of rotatable bonds is 5. The van der Waals surface area contributed by atoms with Crippen LogP contribution in [0.2, 0.25) is 5.02 Å². The highest BCUT2D eigenvalue weighted by Gasteiger charge is 1.97. The van der Waals surface area contributed by atoms with E-state index in [0.29, 0.717) is 5.02 Å². The molecule has 0 spiro atoms. The molecule has 2 nitrogen and oxygen atoms in total. The lowest BCUT2D eigenvalue weighted by Gasteiger charge is -2.01. The molecule has 0 radical (unpaired) electrons. The monoisotopic (exact) mass is 225 g/mol. The number of aliphatic hydroxyl groups excluding tert-OH is 1. The summed E-state index contributed by atoms with van der Waals surface area (Å²) < 4.78 is 0. The van der Waals surface area contributed by atoms with E-state index in [2.05, 4.69) is 11.4 Å². The van der Waals surface area contributed by atoms with Gasteiger partial charge in [-0.2, -0.15) is 0 Å². The van der Waals surface area contributed by atoms with E-state index in [9.17, 15) is 0 Å². The summed E-state index contributed by atoms with van der Waals surface area (Å²) in [5.74, 6) is 0. The third kappa shape index (κ3) is 4.04. The maximum absolute atomic E-state index is 8.99. The third-order valence-corrected chi connectivity index (χ3v) is 2.45. The lowest BCUT2D eigenvalue weighted by Crippen LogP contribution is -2.05. The van der Waals surface area contributed by atoms with E-state index in [0.717, 1.165) is 24.1 Å². The van der Waals surface area contributed by atoms with E-state index >= 15 is 0 Å². The second kappa shape index (κ2) is 6.62. The fourth-order valence-electron chi connectivity index (χ4n) is 1.26. The first-order chi connectivity index (χ1) is 7.27. The van der Waals surface area contributed by atoms with Crippen LogP contribution in [0.4, 0.5) is 0 Å². The van der Waals surface area contributed by atoms with Crippen molar-refractivity contribution in [2.24, 2.45) is 0 Å². The van der Waals surface area contributed by atoms with Gasteiger partial charge in [-0.1, -0.05) is 29.8 Å². The van der Waals surface area contributed by atoms with Crippen LogP contribution < -0.4 is 5.32 Å². The molecule has 0 amide bonds. The molecule has 0 fully saturated rings. The summed E-state index contributed by atoms with van der Waals surface area (Å²) >= 11 is 6.02. The molecule has 0 aliphatic carbocycles. The van der Waals surface area contributed by atoms with E-state index in [1.807, 2.05) is 31.3 Å². The number of nitrogens with one attached hydrogen (secondary N) is 1. The van der Waals surface area contributed by atoms with Crippen LogP contribution in [-0.4, -0.2) is 18.7 Å². The molecule has 1 aromatic carbocycles. The molecular formula is C12H16ClNO. The van der Waals surface area contributed by atoms with E-state index in [1.165, 1.54) is 0 Å². The summed E-state index contributed by atoms with van der Waals surface area (Å²) in [5.41, 5.74) is 1.84. The van der Waals surface area contributed by atoms with E-state index < -0.39 is 0 Å².